The molecule has 0 radical (unpaired) electrons. The second-order valence-electron chi connectivity index (χ2n) is 3.87. The quantitative estimate of drug-likeness (QED) is 0.547. The molecule has 0 saturated carbocycles. The van der Waals surface area contributed by atoms with Gasteiger partial charge in [0.05, 0.1) is 16.3 Å². The molecule has 0 saturated heterocycles. The molecular formula is C14H9Cl3FNO. The van der Waals surface area contributed by atoms with Crippen molar-refractivity contribution in [2.24, 2.45) is 5.16 Å². The van der Waals surface area contributed by atoms with Gasteiger partial charge in [0.1, 0.15) is 12.4 Å². The smallest absolute Gasteiger partial charge is 0.146 e. The average molecular weight is 333 g/mol. The van der Waals surface area contributed by atoms with Crippen molar-refractivity contribution in [2.75, 3.05) is 0 Å². The topological polar surface area (TPSA) is 21.6 Å². The van der Waals surface area contributed by atoms with Crippen molar-refractivity contribution < 1.29 is 9.23 Å². The maximum Gasteiger partial charge on any atom is 0.146 e. The van der Waals surface area contributed by atoms with Crippen molar-refractivity contribution in [2.45, 2.75) is 6.61 Å². The summed E-state index contributed by atoms with van der Waals surface area (Å²) < 4.78 is 13.5. The molecule has 2 nitrogen and oxygen atoms in total. The van der Waals surface area contributed by atoms with Crippen LogP contribution in [0.25, 0.3) is 0 Å². The summed E-state index contributed by atoms with van der Waals surface area (Å²) in [6.45, 7) is -0.0623. The van der Waals surface area contributed by atoms with Gasteiger partial charge in [0.25, 0.3) is 0 Å². The van der Waals surface area contributed by atoms with E-state index in [1.165, 1.54) is 18.3 Å². The highest BCUT2D eigenvalue weighted by atomic mass is 35.5. The highest BCUT2D eigenvalue weighted by Gasteiger charge is 2.06. The lowest BCUT2D eigenvalue weighted by atomic mass is 10.2. The van der Waals surface area contributed by atoms with Gasteiger partial charge >= 0.3 is 0 Å². The van der Waals surface area contributed by atoms with E-state index in [9.17, 15) is 4.39 Å². The van der Waals surface area contributed by atoms with Crippen LogP contribution in [0.5, 0.6) is 0 Å². The molecular weight excluding hydrogens is 324 g/mol. The van der Waals surface area contributed by atoms with E-state index < -0.39 is 5.82 Å². The number of halogens is 4. The summed E-state index contributed by atoms with van der Waals surface area (Å²) in [6, 6.07) is 9.40. The fourth-order valence-electron chi connectivity index (χ4n) is 1.47. The molecule has 0 fully saturated rings. The lowest BCUT2D eigenvalue weighted by molar-refractivity contribution is 0.129. The first-order chi connectivity index (χ1) is 9.58. The first kappa shape index (κ1) is 15.1. The van der Waals surface area contributed by atoms with E-state index >= 15 is 0 Å². The second-order valence-corrected chi connectivity index (χ2v) is 5.12. The number of nitrogens with zero attached hydrogens (tertiary/aromatic N) is 1. The van der Waals surface area contributed by atoms with Crippen LogP contribution in [0.3, 0.4) is 0 Å². The van der Waals surface area contributed by atoms with Crippen LogP contribution in [0.1, 0.15) is 11.1 Å². The van der Waals surface area contributed by atoms with Crippen LogP contribution in [0.15, 0.2) is 41.6 Å². The van der Waals surface area contributed by atoms with E-state index in [0.717, 1.165) is 0 Å². The third-order valence-electron chi connectivity index (χ3n) is 2.50. The van der Waals surface area contributed by atoms with Crippen molar-refractivity contribution in [1.82, 2.24) is 0 Å². The Morgan fingerprint density at radius 1 is 1.10 bits per heavy atom. The number of rotatable bonds is 4. The first-order valence-corrected chi connectivity index (χ1v) is 6.74. The number of hydrogen-bond acceptors (Lipinski definition) is 2. The minimum absolute atomic E-state index is 0.0623. The molecule has 0 aliphatic heterocycles. The lowest BCUT2D eigenvalue weighted by Gasteiger charge is -2.04. The van der Waals surface area contributed by atoms with Gasteiger partial charge < -0.3 is 4.84 Å². The predicted octanol–water partition coefficient (Wildman–Crippen LogP) is 5.34. The maximum absolute atomic E-state index is 13.5. The van der Waals surface area contributed by atoms with Crippen molar-refractivity contribution in [1.29, 1.82) is 0 Å². The van der Waals surface area contributed by atoms with Gasteiger partial charge in [0.15, 0.2) is 0 Å². The summed E-state index contributed by atoms with van der Waals surface area (Å²) in [4.78, 5) is 5.02. The minimum Gasteiger partial charge on any atom is -0.391 e. The molecule has 0 N–H and O–H groups in total. The zero-order valence-electron chi connectivity index (χ0n) is 10.1. The van der Waals surface area contributed by atoms with Crippen LogP contribution in [-0.4, -0.2) is 6.21 Å². The van der Waals surface area contributed by atoms with Gasteiger partial charge in [0, 0.05) is 16.1 Å². The van der Waals surface area contributed by atoms with Crippen molar-refractivity contribution in [3.63, 3.8) is 0 Å². The van der Waals surface area contributed by atoms with Crippen LogP contribution in [0.2, 0.25) is 15.1 Å². The van der Waals surface area contributed by atoms with Gasteiger partial charge in [-0.15, -0.1) is 0 Å². The van der Waals surface area contributed by atoms with Crippen molar-refractivity contribution >= 4 is 41.0 Å². The third-order valence-corrected chi connectivity index (χ3v) is 3.42. The van der Waals surface area contributed by atoms with Crippen LogP contribution >= 0.6 is 34.8 Å². The van der Waals surface area contributed by atoms with Gasteiger partial charge in [-0.05, 0) is 24.3 Å². The minimum atomic E-state index is -0.433. The van der Waals surface area contributed by atoms with Gasteiger partial charge in [-0.25, -0.2) is 4.39 Å². The van der Waals surface area contributed by atoms with Crippen LogP contribution < -0.4 is 0 Å². The van der Waals surface area contributed by atoms with Crippen LogP contribution in [0, 0.1) is 5.82 Å². The van der Waals surface area contributed by atoms with Crippen molar-refractivity contribution in [3.8, 4) is 0 Å². The Morgan fingerprint density at radius 2 is 1.90 bits per heavy atom. The molecule has 104 valence electrons. The Kier molecular flexibility index (Phi) is 5.24. The molecule has 0 aliphatic carbocycles. The van der Waals surface area contributed by atoms with Gasteiger partial charge in [-0.3, -0.25) is 0 Å². The van der Waals surface area contributed by atoms with Crippen LogP contribution in [-0.2, 0) is 11.4 Å². The van der Waals surface area contributed by atoms with E-state index in [4.69, 9.17) is 39.6 Å². The molecule has 0 aliphatic rings. The van der Waals surface area contributed by atoms with Gasteiger partial charge in [-0.1, -0.05) is 52.1 Å². The Hall–Kier alpha value is -1.29. The first-order valence-electron chi connectivity index (χ1n) is 5.61. The fraction of sp³-hybridized carbons (Fsp3) is 0.0714. The molecule has 0 amide bonds. The summed E-state index contributed by atoms with van der Waals surface area (Å²) in [5.74, 6) is -0.433. The average Bonchev–Trinajstić information content (AvgIpc) is 2.39. The Labute approximate surface area is 130 Å². The molecule has 2 rings (SSSR count). The van der Waals surface area contributed by atoms with E-state index in [1.807, 2.05) is 0 Å². The van der Waals surface area contributed by atoms with Gasteiger partial charge in [-0.2, -0.15) is 0 Å². The molecule has 2 aromatic carbocycles. The summed E-state index contributed by atoms with van der Waals surface area (Å²) in [5, 5.41) is 5.01. The maximum atomic E-state index is 13.5. The predicted molar refractivity (Wildman–Crippen MR) is 80.3 cm³/mol. The molecule has 6 heteroatoms. The standard InChI is InChI=1S/C14H9Cl3FNO/c15-10-5-4-9(13(17)6-10)7-19-20-8-11-12(16)2-1-3-14(11)18/h1-7H,8H2/b19-7-. The van der Waals surface area contributed by atoms with E-state index in [0.29, 0.717) is 20.6 Å². The van der Waals surface area contributed by atoms with Crippen LogP contribution in [0.4, 0.5) is 4.39 Å². The zero-order valence-corrected chi connectivity index (χ0v) is 12.4. The SMILES string of the molecule is Fc1cccc(Cl)c1CO/N=C\c1ccc(Cl)cc1Cl. The summed E-state index contributed by atoms with van der Waals surface area (Å²) in [6.07, 6.45) is 1.42. The highest BCUT2D eigenvalue weighted by molar-refractivity contribution is 6.36. The van der Waals surface area contributed by atoms with Crippen molar-refractivity contribution in [3.05, 3.63) is 68.4 Å². The molecule has 2 aromatic rings. The monoisotopic (exact) mass is 331 g/mol. The lowest BCUT2D eigenvalue weighted by Crippen LogP contribution is -1.94. The molecule has 0 bridgehead atoms. The van der Waals surface area contributed by atoms with Gasteiger partial charge in [0.2, 0.25) is 0 Å². The molecule has 0 aromatic heterocycles. The van der Waals surface area contributed by atoms with E-state index in [-0.39, 0.29) is 12.2 Å². The highest BCUT2D eigenvalue weighted by Crippen LogP contribution is 2.21. The summed E-state index contributed by atoms with van der Waals surface area (Å²) >= 11 is 17.6. The molecule has 0 atom stereocenters. The third kappa shape index (κ3) is 3.85. The zero-order chi connectivity index (χ0) is 14.5. The second kappa shape index (κ2) is 6.93. The number of hydrogen-bond donors (Lipinski definition) is 0. The Bertz CT molecular complexity index is 626. The normalized spacial score (nSPS) is 11.0. The Balaban J connectivity index is 2.01. The number of benzene rings is 2. The molecule has 20 heavy (non-hydrogen) atoms. The molecule has 0 spiro atoms. The summed E-state index contributed by atoms with van der Waals surface area (Å²) in [5.41, 5.74) is 0.907. The van der Waals surface area contributed by atoms with E-state index in [1.54, 1.807) is 24.3 Å². The Morgan fingerprint density at radius 3 is 2.60 bits per heavy atom. The fourth-order valence-corrected chi connectivity index (χ4v) is 2.15. The largest absolute Gasteiger partial charge is 0.391 e. The van der Waals surface area contributed by atoms with E-state index in [2.05, 4.69) is 5.16 Å². The number of oxime groups is 1. The molecule has 0 heterocycles. The molecule has 0 unspecified atom stereocenters. The summed E-state index contributed by atoms with van der Waals surface area (Å²) in [7, 11) is 0.